The quantitative estimate of drug-likeness (QED) is 0.664. The normalized spacial score (nSPS) is 10.5. The summed E-state index contributed by atoms with van der Waals surface area (Å²) in [5.74, 6) is -3.14. The minimum atomic E-state index is -1.31. The maximum Gasteiger partial charge on any atom is 0.339 e. The zero-order valence-electron chi connectivity index (χ0n) is 12.7. The molecule has 1 N–H and O–H groups in total. The van der Waals surface area contributed by atoms with Crippen molar-refractivity contribution >= 4 is 29.1 Å². The first kappa shape index (κ1) is 16.9. The van der Waals surface area contributed by atoms with Crippen molar-refractivity contribution in [3.05, 3.63) is 78.1 Å². The number of hydrogen-bond acceptors (Lipinski definition) is 3. The van der Waals surface area contributed by atoms with Crippen molar-refractivity contribution in [3.63, 3.8) is 0 Å². The van der Waals surface area contributed by atoms with Crippen molar-refractivity contribution in [2.45, 2.75) is 0 Å². The fourth-order valence-corrected chi connectivity index (χ4v) is 2.70. The van der Waals surface area contributed by atoms with Gasteiger partial charge in [0.25, 0.3) is 0 Å². The van der Waals surface area contributed by atoms with Gasteiger partial charge in [0.15, 0.2) is 11.6 Å². The molecule has 0 saturated carbocycles. The van der Waals surface area contributed by atoms with Crippen molar-refractivity contribution < 1.29 is 18.7 Å². The van der Waals surface area contributed by atoms with Crippen LogP contribution in [0, 0.1) is 11.6 Å². The van der Waals surface area contributed by atoms with Crippen molar-refractivity contribution in [2.75, 3.05) is 4.42 Å². The number of nitrogens with zero attached hydrogens (tertiary/aromatic N) is 2. The molecule has 0 fully saturated rings. The lowest BCUT2D eigenvalue weighted by atomic mass is 10.0. The van der Waals surface area contributed by atoms with Crippen LogP contribution in [-0.2, 0) is 0 Å². The van der Waals surface area contributed by atoms with E-state index in [0.717, 1.165) is 18.3 Å². The molecule has 2 aromatic carbocycles. The second-order valence-electron chi connectivity index (χ2n) is 5.13. The number of hydrogen-bond donors (Lipinski definition) is 1. The van der Waals surface area contributed by atoms with Crippen LogP contribution in [0.15, 0.2) is 60.9 Å². The van der Waals surface area contributed by atoms with E-state index < -0.39 is 23.3 Å². The predicted octanol–water partition coefficient (Wildman–Crippen LogP) is 5.02. The molecule has 0 unspecified atom stereocenters. The Morgan fingerprint density at radius 1 is 1.04 bits per heavy atom. The average Bonchev–Trinajstić information content (AvgIpc) is 2.61. The van der Waals surface area contributed by atoms with E-state index in [1.807, 2.05) is 0 Å². The van der Waals surface area contributed by atoms with Crippen LogP contribution in [-0.4, -0.2) is 16.1 Å². The number of rotatable bonds is 4. The summed E-state index contributed by atoms with van der Waals surface area (Å²) in [6.45, 7) is 0. The van der Waals surface area contributed by atoms with Crippen molar-refractivity contribution in [2.24, 2.45) is 0 Å². The fourth-order valence-electron chi connectivity index (χ4n) is 2.39. The number of anilines is 2. The molecule has 0 saturated heterocycles. The molecule has 25 heavy (non-hydrogen) atoms. The summed E-state index contributed by atoms with van der Waals surface area (Å²) in [7, 11) is 0. The standard InChI is InChI=1S/C18H11ClF2N2O2/c19-23(16-6-7-22-10-13(16)18(24)25)17-14(20)8-12(9-15(17)21)11-4-2-1-3-5-11/h1-10H,(H,24,25). The number of benzene rings is 2. The monoisotopic (exact) mass is 360 g/mol. The topological polar surface area (TPSA) is 53.4 Å². The van der Waals surface area contributed by atoms with Crippen molar-refractivity contribution in [1.82, 2.24) is 4.98 Å². The van der Waals surface area contributed by atoms with Gasteiger partial charge in [-0.2, -0.15) is 0 Å². The van der Waals surface area contributed by atoms with E-state index in [9.17, 15) is 18.7 Å². The highest BCUT2D eigenvalue weighted by Crippen LogP contribution is 2.36. The number of pyridine rings is 1. The van der Waals surface area contributed by atoms with E-state index in [1.54, 1.807) is 30.3 Å². The first-order valence-electron chi connectivity index (χ1n) is 7.16. The zero-order chi connectivity index (χ0) is 18.0. The Kier molecular flexibility index (Phi) is 4.63. The fraction of sp³-hybridized carbons (Fsp3) is 0. The van der Waals surface area contributed by atoms with Crippen LogP contribution in [0.4, 0.5) is 20.2 Å². The number of aromatic carboxylic acids is 1. The Labute approximate surface area is 147 Å². The maximum absolute atomic E-state index is 14.5. The van der Waals surface area contributed by atoms with Gasteiger partial charge in [-0.3, -0.25) is 4.98 Å². The second-order valence-corrected chi connectivity index (χ2v) is 5.47. The SMILES string of the molecule is O=C(O)c1cnccc1N(Cl)c1c(F)cc(-c2ccccc2)cc1F. The van der Waals surface area contributed by atoms with E-state index in [1.165, 1.54) is 12.3 Å². The van der Waals surface area contributed by atoms with Gasteiger partial charge in [0.2, 0.25) is 0 Å². The van der Waals surface area contributed by atoms with Gasteiger partial charge >= 0.3 is 5.97 Å². The van der Waals surface area contributed by atoms with E-state index in [2.05, 4.69) is 4.98 Å². The molecule has 1 aromatic heterocycles. The maximum atomic E-state index is 14.5. The van der Waals surface area contributed by atoms with Gasteiger partial charge in [-0.25, -0.2) is 18.0 Å². The summed E-state index contributed by atoms with van der Waals surface area (Å²) in [4.78, 5) is 14.9. The molecular formula is C18H11ClF2N2O2. The molecule has 0 radical (unpaired) electrons. The number of aromatic nitrogens is 1. The molecule has 1 heterocycles. The summed E-state index contributed by atoms with van der Waals surface area (Å²) >= 11 is 6.05. The zero-order valence-corrected chi connectivity index (χ0v) is 13.4. The number of carbonyl (C=O) groups is 1. The van der Waals surface area contributed by atoms with Gasteiger partial charge in [-0.1, -0.05) is 30.3 Å². The molecule has 0 atom stereocenters. The van der Waals surface area contributed by atoms with Crippen LogP contribution >= 0.6 is 11.8 Å². The molecule has 126 valence electrons. The number of halogens is 3. The molecule has 0 aliphatic heterocycles. The Morgan fingerprint density at radius 2 is 1.68 bits per heavy atom. The van der Waals surface area contributed by atoms with Crippen LogP contribution in [0.2, 0.25) is 0 Å². The summed E-state index contributed by atoms with van der Waals surface area (Å²) < 4.78 is 29.7. The molecule has 7 heteroatoms. The highest BCUT2D eigenvalue weighted by atomic mass is 35.5. The molecule has 3 rings (SSSR count). The third-order valence-electron chi connectivity index (χ3n) is 3.56. The average molecular weight is 361 g/mol. The molecular weight excluding hydrogens is 350 g/mol. The van der Waals surface area contributed by atoms with Crippen LogP contribution < -0.4 is 4.42 Å². The number of carboxylic acid groups (broad SMARTS) is 1. The molecule has 0 spiro atoms. The predicted molar refractivity (Wildman–Crippen MR) is 91.0 cm³/mol. The Hall–Kier alpha value is -2.99. The van der Waals surface area contributed by atoms with Crippen molar-refractivity contribution in [1.29, 1.82) is 0 Å². The van der Waals surface area contributed by atoms with Gasteiger partial charge in [-0.05, 0) is 29.3 Å². The summed E-state index contributed by atoms with van der Waals surface area (Å²) in [5.41, 5.74) is 0.0635. The summed E-state index contributed by atoms with van der Waals surface area (Å²) in [6.07, 6.45) is 2.34. The Balaban J connectivity index is 2.08. The lowest BCUT2D eigenvalue weighted by molar-refractivity contribution is 0.0697. The van der Waals surface area contributed by atoms with Crippen LogP contribution in [0.25, 0.3) is 11.1 Å². The minimum Gasteiger partial charge on any atom is -0.478 e. The third-order valence-corrected chi connectivity index (χ3v) is 3.91. The smallest absolute Gasteiger partial charge is 0.339 e. The second kappa shape index (κ2) is 6.86. The van der Waals surface area contributed by atoms with Crippen LogP contribution in [0.3, 0.4) is 0 Å². The van der Waals surface area contributed by atoms with Crippen molar-refractivity contribution in [3.8, 4) is 11.1 Å². The Bertz CT molecular complexity index is 912. The molecule has 0 aliphatic rings. The Morgan fingerprint density at radius 3 is 2.28 bits per heavy atom. The van der Waals surface area contributed by atoms with E-state index in [-0.39, 0.29) is 11.3 Å². The van der Waals surface area contributed by atoms with Gasteiger partial charge in [-0.15, -0.1) is 0 Å². The summed E-state index contributed by atoms with van der Waals surface area (Å²) in [5, 5.41) is 9.18. The van der Waals surface area contributed by atoms with E-state index >= 15 is 0 Å². The lowest BCUT2D eigenvalue weighted by Crippen LogP contribution is -2.12. The van der Waals surface area contributed by atoms with E-state index in [4.69, 9.17) is 11.8 Å². The lowest BCUT2D eigenvalue weighted by Gasteiger charge is -2.19. The first-order valence-corrected chi connectivity index (χ1v) is 7.50. The highest BCUT2D eigenvalue weighted by molar-refractivity contribution is 6.30. The van der Waals surface area contributed by atoms with Gasteiger partial charge in [0.05, 0.1) is 5.69 Å². The molecule has 0 amide bonds. The molecule has 0 aliphatic carbocycles. The van der Waals surface area contributed by atoms with Gasteiger partial charge in [0.1, 0.15) is 11.3 Å². The first-order chi connectivity index (χ1) is 12.0. The third kappa shape index (κ3) is 3.29. The van der Waals surface area contributed by atoms with Crippen LogP contribution in [0.5, 0.6) is 0 Å². The molecule has 3 aromatic rings. The summed E-state index contributed by atoms with van der Waals surface area (Å²) in [6, 6.07) is 12.3. The number of carboxylic acids is 1. The van der Waals surface area contributed by atoms with Gasteiger partial charge < -0.3 is 5.11 Å². The molecule has 4 nitrogen and oxygen atoms in total. The highest BCUT2D eigenvalue weighted by Gasteiger charge is 2.23. The largest absolute Gasteiger partial charge is 0.478 e. The molecule has 0 bridgehead atoms. The minimum absolute atomic E-state index is 0.0885. The van der Waals surface area contributed by atoms with Gasteiger partial charge in [0, 0.05) is 24.2 Å². The van der Waals surface area contributed by atoms with Crippen LogP contribution in [0.1, 0.15) is 10.4 Å². The van der Waals surface area contributed by atoms with E-state index in [0.29, 0.717) is 15.5 Å².